The lowest BCUT2D eigenvalue weighted by molar-refractivity contribution is -0.0215. The van der Waals surface area contributed by atoms with Crippen LogP contribution in [-0.4, -0.2) is 55.8 Å². The van der Waals surface area contributed by atoms with E-state index in [2.05, 4.69) is 10.3 Å². The third kappa shape index (κ3) is 14.8. The largest absolute Gasteiger partial charge is 0.447 e. The van der Waals surface area contributed by atoms with Gasteiger partial charge in [0.2, 0.25) is 6.08 Å². The van der Waals surface area contributed by atoms with E-state index in [1.807, 2.05) is 0 Å². The minimum Gasteiger partial charge on any atom is -0.447 e. The van der Waals surface area contributed by atoms with Crippen molar-refractivity contribution in [3.8, 4) is 0 Å². The molecule has 0 aliphatic carbocycles. The van der Waals surface area contributed by atoms with E-state index >= 15 is 0 Å². The number of aliphatic imine (C=N–C) groups is 1. The molecule has 7 nitrogen and oxygen atoms in total. The third-order valence-electron chi connectivity index (χ3n) is 2.60. The van der Waals surface area contributed by atoms with Crippen molar-refractivity contribution in [2.24, 2.45) is 4.99 Å². The number of nitrogens with one attached hydrogen (secondary N) is 1. The normalized spacial score (nSPS) is 13.1. The van der Waals surface area contributed by atoms with Crippen LogP contribution in [0.1, 0.15) is 39.5 Å². The average molecular weight is 302 g/mol. The van der Waals surface area contributed by atoms with Gasteiger partial charge >= 0.3 is 6.09 Å². The predicted molar refractivity (Wildman–Crippen MR) is 77.9 cm³/mol. The van der Waals surface area contributed by atoms with Crippen LogP contribution in [0.5, 0.6) is 0 Å². The molecule has 21 heavy (non-hydrogen) atoms. The van der Waals surface area contributed by atoms with Crippen LogP contribution in [0, 0.1) is 0 Å². The van der Waals surface area contributed by atoms with E-state index in [1.54, 1.807) is 13.8 Å². The standard InChI is InChI=1S/C14H26N2O5/c1-12(18)9-20-13(2)10-21-14(19)16-8-6-4-3-5-7-15-11-17/h12-13,18H,3-10H2,1-2H3,(H,16,19). The van der Waals surface area contributed by atoms with Crippen LogP contribution in [0.2, 0.25) is 0 Å². The van der Waals surface area contributed by atoms with Crippen molar-refractivity contribution in [3.05, 3.63) is 0 Å². The summed E-state index contributed by atoms with van der Waals surface area (Å²) >= 11 is 0. The Labute approximate surface area is 125 Å². The number of ether oxygens (including phenoxy) is 2. The number of hydrogen-bond acceptors (Lipinski definition) is 6. The van der Waals surface area contributed by atoms with Gasteiger partial charge in [0.15, 0.2) is 0 Å². The van der Waals surface area contributed by atoms with E-state index in [1.165, 1.54) is 6.08 Å². The zero-order chi connectivity index (χ0) is 15.9. The van der Waals surface area contributed by atoms with Crippen LogP contribution in [-0.2, 0) is 14.3 Å². The maximum atomic E-state index is 11.4. The molecule has 0 aromatic carbocycles. The fraction of sp³-hybridized carbons (Fsp3) is 0.857. The number of amides is 1. The van der Waals surface area contributed by atoms with Crippen LogP contribution in [0.4, 0.5) is 4.79 Å². The monoisotopic (exact) mass is 302 g/mol. The molecule has 0 aliphatic heterocycles. The highest BCUT2D eigenvalue weighted by molar-refractivity contribution is 5.67. The molecule has 7 heteroatoms. The number of rotatable bonds is 12. The van der Waals surface area contributed by atoms with Crippen molar-refractivity contribution in [1.82, 2.24) is 5.32 Å². The Kier molecular flexibility index (Phi) is 12.6. The molecule has 0 fully saturated rings. The fourth-order valence-corrected chi connectivity index (χ4v) is 1.50. The predicted octanol–water partition coefficient (Wildman–Crippen LogP) is 1.39. The molecule has 0 bridgehead atoms. The summed E-state index contributed by atoms with van der Waals surface area (Å²) in [5, 5.41) is 11.7. The van der Waals surface area contributed by atoms with Crippen LogP contribution >= 0.6 is 0 Å². The molecule has 2 unspecified atom stereocenters. The summed E-state index contributed by atoms with van der Waals surface area (Å²) in [6.45, 7) is 4.85. The zero-order valence-electron chi connectivity index (χ0n) is 12.8. The Bertz CT molecular complexity index is 316. The molecule has 0 aliphatic rings. The van der Waals surface area contributed by atoms with Crippen molar-refractivity contribution in [1.29, 1.82) is 0 Å². The second kappa shape index (κ2) is 13.5. The van der Waals surface area contributed by atoms with Gasteiger partial charge < -0.3 is 19.9 Å². The summed E-state index contributed by atoms with van der Waals surface area (Å²) in [5.41, 5.74) is 0. The first-order valence-electron chi connectivity index (χ1n) is 7.30. The number of aliphatic hydroxyl groups is 1. The van der Waals surface area contributed by atoms with E-state index in [0.717, 1.165) is 25.7 Å². The van der Waals surface area contributed by atoms with Gasteiger partial charge in [0, 0.05) is 6.54 Å². The van der Waals surface area contributed by atoms with E-state index in [4.69, 9.17) is 14.6 Å². The molecule has 0 heterocycles. The summed E-state index contributed by atoms with van der Waals surface area (Å²) in [4.78, 5) is 24.6. The first kappa shape index (κ1) is 19.6. The van der Waals surface area contributed by atoms with Gasteiger partial charge in [-0.3, -0.25) is 0 Å². The zero-order valence-corrected chi connectivity index (χ0v) is 12.8. The van der Waals surface area contributed by atoms with Crippen molar-refractivity contribution in [2.45, 2.75) is 51.7 Å². The number of carbonyl (C=O) groups excluding carboxylic acids is 2. The number of aliphatic hydroxyl groups excluding tert-OH is 1. The summed E-state index contributed by atoms with van der Waals surface area (Å²) < 4.78 is 10.2. The molecule has 0 radical (unpaired) electrons. The summed E-state index contributed by atoms with van der Waals surface area (Å²) in [7, 11) is 0. The van der Waals surface area contributed by atoms with E-state index in [-0.39, 0.29) is 19.3 Å². The quantitative estimate of drug-likeness (QED) is 0.322. The summed E-state index contributed by atoms with van der Waals surface area (Å²) in [5.74, 6) is 0. The molecular weight excluding hydrogens is 276 g/mol. The highest BCUT2D eigenvalue weighted by atomic mass is 16.6. The maximum absolute atomic E-state index is 11.4. The molecule has 122 valence electrons. The Hall–Kier alpha value is -1.43. The highest BCUT2D eigenvalue weighted by Crippen LogP contribution is 1.99. The summed E-state index contributed by atoms with van der Waals surface area (Å²) in [6, 6.07) is 0. The molecule has 0 rings (SSSR count). The van der Waals surface area contributed by atoms with Crippen molar-refractivity contribution < 1.29 is 24.2 Å². The smallest absolute Gasteiger partial charge is 0.407 e. The lowest BCUT2D eigenvalue weighted by atomic mass is 10.2. The Morgan fingerprint density at radius 3 is 2.62 bits per heavy atom. The lowest BCUT2D eigenvalue weighted by Gasteiger charge is -2.14. The lowest BCUT2D eigenvalue weighted by Crippen LogP contribution is -2.29. The first-order chi connectivity index (χ1) is 10.1. The molecular formula is C14H26N2O5. The molecule has 0 saturated carbocycles. The van der Waals surface area contributed by atoms with Gasteiger partial charge in [-0.1, -0.05) is 12.8 Å². The van der Waals surface area contributed by atoms with Gasteiger partial charge in [-0.15, -0.1) is 0 Å². The average Bonchev–Trinajstić information content (AvgIpc) is 2.45. The van der Waals surface area contributed by atoms with Gasteiger partial charge in [-0.2, -0.15) is 0 Å². The molecule has 2 atom stereocenters. The Morgan fingerprint density at radius 2 is 1.95 bits per heavy atom. The second-order valence-corrected chi connectivity index (χ2v) is 4.91. The van der Waals surface area contributed by atoms with E-state index < -0.39 is 12.2 Å². The van der Waals surface area contributed by atoms with Crippen molar-refractivity contribution in [2.75, 3.05) is 26.3 Å². The molecule has 2 N–H and O–H groups in total. The first-order valence-corrected chi connectivity index (χ1v) is 7.30. The van der Waals surface area contributed by atoms with Gasteiger partial charge in [-0.05, 0) is 26.7 Å². The van der Waals surface area contributed by atoms with Gasteiger partial charge in [0.25, 0.3) is 0 Å². The molecule has 0 spiro atoms. The third-order valence-corrected chi connectivity index (χ3v) is 2.60. The van der Waals surface area contributed by atoms with Gasteiger partial charge in [0.1, 0.15) is 6.61 Å². The number of unbranched alkanes of at least 4 members (excludes halogenated alkanes) is 3. The van der Waals surface area contributed by atoms with Gasteiger partial charge in [-0.25, -0.2) is 14.6 Å². The fourth-order valence-electron chi connectivity index (χ4n) is 1.50. The number of isocyanates is 1. The SMILES string of the molecule is CC(O)COC(C)COC(=O)NCCCCCCN=C=O. The molecule has 0 aromatic heterocycles. The van der Waals surface area contributed by atoms with Crippen LogP contribution in [0.25, 0.3) is 0 Å². The second-order valence-electron chi connectivity index (χ2n) is 4.91. The maximum Gasteiger partial charge on any atom is 0.407 e. The van der Waals surface area contributed by atoms with Crippen LogP contribution in [0.15, 0.2) is 4.99 Å². The Morgan fingerprint density at radius 1 is 1.24 bits per heavy atom. The topological polar surface area (TPSA) is 97.2 Å². The number of hydrogen-bond donors (Lipinski definition) is 2. The molecule has 0 saturated heterocycles. The minimum atomic E-state index is -0.529. The minimum absolute atomic E-state index is 0.155. The van der Waals surface area contributed by atoms with Crippen LogP contribution < -0.4 is 5.32 Å². The van der Waals surface area contributed by atoms with E-state index in [0.29, 0.717) is 13.1 Å². The highest BCUT2D eigenvalue weighted by Gasteiger charge is 2.08. The number of nitrogens with zero attached hydrogens (tertiary/aromatic N) is 1. The molecule has 0 aromatic rings. The molecule has 1 amide bonds. The number of carbonyl (C=O) groups is 1. The van der Waals surface area contributed by atoms with E-state index in [9.17, 15) is 9.59 Å². The Balaban J connectivity index is 3.39. The van der Waals surface area contributed by atoms with Gasteiger partial charge in [0.05, 0.1) is 25.4 Å². The van der Waals surface area contributed by atoms with Crippen molar-refractivity contribution >= 4 is 12.2 Å². The summed E-state index contributed by atoms with van der Waals surface area (Å²) in [6.07, 6.45) is 3.90. The number of alkyl carbamates (subject to hydrolysis) is 1. The van der Waals surface area contributed by atoms with Crippen LogP contribution in [0.3, 0.4) is 0 Å². The van der Waals surface area contributed by atoms with Crippen molar-refractivity contribution in [3.63, 3.8) is 0 Å².